The molecule has 2 amide bonds. The Morgan fingerprint density at radius 2 is 1.97 bits per heavy atom. The van der Waals surface area contributed by atoms with E-state index in [9.17, 15) is 14.9 Å². The molecule has 0 unspecified atom stereocenters. The van der Waals surface area contributed by atoms with E-state index in [1.165, 1.54) is 0 Å². The highest BCUT2D eigenvalue weighted by molar-refractivity contribution is 7.18. The first-order valence-corrected chi connectivity index (χ1v) is 11.0. The van der Waals surface area contributed by atoms with Crippen LogP contribution in [0.4, 0.5) is 5.00 Å². The summed E-state index contributed by atoms with van der Waals surface area (Å²) in [6, 6.07) is 7.50. The predicted octanol–water partition coefficient (Wildman–Crippen LogP) is 5.17. The Kier molecular flexibility index (Phi) is 8.70. The summed E-state index contributed by atoms with van der Waals surface area (Å²) in [4.78, 5) is 27.2. The Balaban J connectivity index is 1.97. The maximum atomic E-state index is 12.7. The van der Waals surface area contributed by atoms with Gasteiger partial charge in [0.1, 0.15) is 16.8 Å². The highest BCUT2D eigenvalue weighted by Crippen LogP contribution is 2.33. The summed E-state index contributed by atoms with van der Waals surface area (Å²) in [6.45, 7) is 9.03. The predicted molar refractivity (Wildman–Crippen MR) is 121 cm³/mol. The first-order valence-electron chi connectivity index (χ1n) is 9.83. The third-order valence-electron chi connectivity index (χ3n) is 4.70. The number of rotatable bonds is 9. The second-order valence-electron chi connectivity index (χ2n) is 6.76. The van der Waals surface area contributed by atoms with Gasteiger partial charge < -0.3 is 15.0 Å². The fraction of sp³-hybridized carbons (Fsp3) is 0.409. The smallest absolute Gasteiger partial charge is 0.264 e. The van der Waals surface area contributed by atoms with Crippen molar-refractivity contribution in [2.45, 2.75) is 40.5 Å². The summed E-state index contributed by atoms with van der Waals surface area (Å²) in [5.74, 6) is 0.400. The van der Waals surface area contributed by atoms with E-state index in [-0.39, 0.29) is 18.2 Å². The summed E-state index contributed by atoms with van der Waals surface area (Å²) < 4.78 is 5.70. The van der Waals surface area contributed by atoms with Crippen LogP contribution in [0.2, 0.25) is 5.02 Å². The van der Waals surface area contributed by atoms with Crippen molar-refractivity contribution in [1.82, 2.24) is 4.90 Å². The molecule has 8 heteroatoms. The van der Waals surface area contributed by atoms with Gasteiger partial charge >= 0.3 is 0 Å². The first-order chi connectivity index (χ1) is 14.3. The zero-order valence-electron chi connectivity index (χ0n) is 17.7. The summed E-state index contributed by atoms with van der Waals surface area (Å²) in [5, 5.41) is 13.4. The Labute approximate surface area is 186 Å². The van der Waals surface area contributed by atoms with Crippen molar-refractivity contribution in [1.29, 1.82) is 5.26 Å². The van der Waals surface area contributed by atoms with Crippen molar-refractivity contribution in [2.24, 2.45) is 0 Å². The van der Waals surface area contributed by atoms with Gasteiger partial charge in [0, 0.05) is 24.5 Å². The first kappa shape index (κ1) is 23.7. The van der Waals surface area contributed by atoms with Crippen LogP contribution < -0.4 is 10.1 Å². The number of ether oxygens (including phenoxy) is 1. The molecule has 0 saturated heterocycles. The normalized spacial score (nSPS) is 10.4. The monoisotopic (exact) mass is 447 g/mol. The summed E-state index contributed by atoms with van der Waals surface area (Å²) in [5.41, 5.74) is 1.89. The number of hydrogen-bond acceptors (Lipinski definition) is 5. The maximum Gasteiger partial charge on any atom is 0.264 e. The molecule has 0 atom stereocenters. The van der Waals surface area contributed by atoms with Crippen molar-refractivity contribution in [2.75, 3.05) is 25.0 Å². The van der Waals surface area contributed by atoms with Gasteiger partial charge in [0.2, 0.25) is 5.91 Å². The lowest BCUT2D eigenvalue weighted by atomic mass is 10.1. The van der Waals surface area contributed by atoms with Crippen LogP contribution in [-0.2, 0) is 4.79 Å². The van der Waals surface area contributed by atoms with E-state index in [2.05, 4.69) is 11.4 Å². The Morgan fingerprint density at radius 3 is 2.57 bits per heavy atom. The molecular formula is C22H26ClN3O3S. The van der Waals surface area contributed by atoms with E-state index >= 15 is 0 Å². The molecule has 1 heterocycles. The lowest BCUT2D eigenvalue weighted by Gasteiger charge is -2.17. The summed E-state index contributed by atoms with van der Waals surface area (Å²) in [7, 11) is 0. The van der Waals surface area contributed by atoms with Gasteiger partial charge in [0.15, 0.2) is 0 Å². The van der Waals surface area contributed by atoms with Crippen LogP contribution in [0.3, 0.4) is 0 Å². The molecule has 0 fully saturated rings. The minimum absolute atomic E-state index is 0.119. The molecule has 0 radical (unpaired) electrons. The average molecular weight is 448 g/mol. The number of carbonyl (C=O) groups is 2. The van der Waals surface area contributed by atoms with Crippen LogP contribution in [0, 0.1) is 25.2 Å². The zero-order chi connectivity index (χ0) is 22.3. The number of nitriles is 1. The standard InChI is InChI=1S/C22H26ClN3O3S/c1-5-26(6-2)22(28)20-15(4)17(13-24)21(30-20)25-19(27)8-7-11-29-18-10-9-16(23)12-14(18)3/h9-10,12H,5-8,11H2,1-4H3,(H,25,27). The van der Waals surface area contributed by atoms with Crippen LogP contribution in [0.1, 0.15) is 53.1 Å². The SMILES string of the molecule is CCN(CC)C(=O)c1sc(NC(=O)CCCOc2ccc(Cl)cc2C)c(C#N)c1C. The van der Waals surface area contributed by atoms with Gasteiger partial charge in [-0.15, -0.1) is 11.3 Å². The largest absolute Gasteiger partial charge is 0.493 e. The number of benzene rings is 1. The Hall–Kier alpha value is -2.56. The molecule has 0 saturated carbocycles. The van der Waals surface area contributed by atoms with Gasteiger partial charge in [-0.25, -0.2) is 0 Å². The fourth-order valence-corrected chi connectivity index (χ4v) is 4.34. The summed E-state index contributed by atoms with van der Waals surface area (Å²) >= 11 is 7.09. The van der Waals surface area contributed by atoms with Crippen LogP contribution >= 0.6 is 22.9 Å². The van der Waals surface area contributed by atoms with E-state index in [1.807, 2.05) is 26.8 Å². The third kappa shape index (κ3) is 5.74. The molecule has 30 heavy (non-hydrogen) atoms. The lowest BCUT2D eigenvalue weighted by Crippen LogP contribution is -2.30. The fourth-order valence-electron chi connectivity index (χ4n) is 2.97. The Bertz CT molecular complexity index is 961. The molecule has 2 aromatic rings. The van der Waals surface area contributed by atoms with Crippen molar-refractivity contribution < 1.29 is 14.3 Å². The number of nitrogens with zero attached hydrogens (tertiary/aromatic N) is 2. The quantitative estimate of drug-likeness (QED) is 0.537. The number of aryl methyl sites for hydroxylation is 1. The molecule has 0 aliphatic heterocycles. The zero-order valence-corrected chi connectivity index (χ0v) is 19.2. The van der Waals surface area contributed by atoms with Crippen molar-refractivity contribution in [3.8, 4) is 11.8 Å². The molecule has 1 aromatic carbocycles. The van der Waals surface area contributed by atoms with E-state index in [0.29, 0.717) is 52.1 Å². The van der Waals surface area contributed by atoms with Crippen LogP contribution in [0.15, 0.2) is 18.2 Å². The van der Waals surface area contributed by atoms with Gasteiger partial charge in [-0.2, -0.15) is 5.26 Å². The minimum atomic E-state index is -0.217. The van der Waals surface area contributed by atoms with Gasteiger partial charge in [-0.1, -0.05) is 11.6 Å². The minimum Gasteiger partial charge on any atom is -0.493 e. The van der Waals surface area contributed by atoms with Gasteiger partial charge in [0.25, 0.3) is 5.91 Å². The highest BCUT2D eigenvalue weighted by atomic mass is 35.5. The number of hydrogen-bond donors (Lipinski definition) is 1. The molecule has 0 bridgehead atoms. The number of anilines is 1. The Morgan fingerprint density at radius 1 is 1.27 bits per heavy atom. The number of amides is 2. The average Bonchev–Trinajstić information content (AvgIpc) is 3.02. The molecular weight excluding hydrogens is 422 g/mol. The maximum absolute atomic E-state index is 12.7. The molecule has 160 valence electrons. The van der Waals surface area contributed by atoms with Crippen LogP contribution in [0.25, 0.3) is 0 Å². The van der Waals surface area contributed by atoms with Crippen LogP contribution in [-0.4, -0.2) is 36.4 Å². The van der Waals surface area contributed by atoms with Crippen molar-refractivity contribution >= 4 is 39.8 Å². The van der Waals surface area contributed by atoms with Crippen molar-refractivity contribution in [3.05, 3.63) is 44.8 Å². The van der Waals surface area contributed by atoms with E-state index in [1.54, 1.807) is 24.0 Å². The van der Waals surface area contributed by atoms with Gasteiger partial charge in [-0.3, -0.25) is 9.59 Å². The van der Waals surface area contributed by atoms with Crippen molar-refractivity contribution in [3.63, 3.8) is 0 Å². The molecule has 1 N–H and O–H groups in total. The topological polar surface area (TPSA) is 82.4 Å². The second kappa shape index (κ2) is 11.0. The number of carbonyl (C=O) groups excluding carboxylic acids is 2. The number of nitrogens with one attached hydrogen (secondary N) is 1. The number of thiophene rings is 1. The lowest BCUT2D eigenvalue weighted by molar-refractivity contribution is -0.116. The molecule has 0 spiro atoms. The molecule has 0 aliphatic carbocycles. The van der Waals surface area contributed by atoms with Gasteiger partial charge in [0.05, 0.1) is 17.0 Å². The van der Waals surface area contributed by atoms with Gasteiger partial charge in [-0.05, 0) is 63.4 Å². The van der Waals surface area contributed by atoms with E-state index in [0.717, 1.165) is 22.6 Å². The molecule has 2 rings (SSSR count). The third-order valence-corrected chi connectivity index (χ3v) is 6.13. The molecule has 0 aliphatic rings. The van der Waals surface area contributed by atoms with E-state index in [4.69, 9.17) is 16.3 Å². The second-order valence-corrected chi connectivity index (χ2v) is 8.22. The summed E-state index contributed by atoms with van der Waals surface area (Å²) in [6.07, 6.45) is 0.763. The molecule has 1 aromatic heterocycles. The highest BCUT2D eigenvalue weighted by Gasteiger charge is 2.23. The van der Waals surface area contributed by atoms with Crippen LogP contribution in [0.5, 0.6) is 5.75 Å². The molecule has 6 nitrogen and oxygen atoms in total. The van der Waals surface area contributed by atoms with E-state index < -0.39 is 0 Å². The number of halogens is 1.